The van der Waals surface area contributed by atoms with Gasteiger partial charge in [0.2, 0.25) is 0 Å². The molecule has 0 radical (unpaired) electrons. The number of hydrogen-bond donors (Lipinski definition) is 1. The average Bonchev–Trinajstić information content (AvgIpc) is 2.94. The predicted octanol–water partition coefficient (Wildman–Crippen LogP) is 6.29. The van der Waals surface area contributed by atoms with Crippen molar-refractivity contribution in [3.63, 3.8) is 0 Å². The summed E-state index contributed by atoms with van der Waals surface area (Å²) in [5.74, 6) is 1.39. The van der Waals surface area contributed by atoms with E-state index in [9.17, 15) is 0 Å². The van der Waals surface area contributed by atoms with Crippen molar-refractivity contribution in [3.05, 3.63) is 39.4 Å². The van der Waals surface area contributed by atoms with E-state index >= 15 is 0 Å². The van der Waals surface area contributed by atoms with Gasteiger partial charge in [0.15, 0.2) is 0 Å². The van der Waals surface area contributed by atoms with Gasteiger partial charge in [-0.3, -0.25) is 0 Å². The Labute approximate surface area is 167 Å². The summed E-state index contributed by atoms with van der Waals surface area (Å²) >= 11 is 1.37. The molecule has 0 spiro atoms. The average molecular weight is 546 g/mol. The summed E-state index contributed by atoms with van der Waals surface area (Å²) in [6.45, 7) is 11.2. The van der Waals surface area contributed by atoms with E-state index in [0.717, 1.165) is 16.0 Å². The van der Waals surface area contributed by atoms with Gasteiger partial charge in [0.25, 0.3) is 0 Å². The topological polar surface area (TPSA) is 12.0 Å². The molecule has 1 heterocycles. The Bertz CT molecular complexity index is 730. The second kappa shape index (κ2) is 6.50. The minimum absolute atomic E-state index is 0.0877. The Morgan fingerprint density at radius 2 is 1.96 bits per heavy atom. The zero-order chi connectivity index (χ0) is 17.9. The summed E-state index contributed by atoms with van der Waals surface area (Å²) < 4.78 is 6.30. The molecular formula is C17H25BrCl2NSSiZr. The van der Waals surface area contributed by atoms with Gasteiger partial charge in [-0.05, 0) is 0 Å². The molecule has 1 aromatic rings. The van der Waals surface area contributed by atoms with Crippen LogP contribution >= 0.6 is 44.7 Å². The molecule has 24 heavy (non-hydrogen) atoms. The van der Waals surface area contributed by atoms with Gasteiger partial charge in [0.1, 0.15) is 0 Å². The SMILES string of the molecule is C[SiH](C)[Zr]([Cl])([Cl])([NH]C(C)(C)C)[C]1=C2CSCC2c2ccc(Br)cc21. The van der Waals surface area contributed by atoms with Gasteiger partial charge >= 0.3 is 169 Å². The van der Waals surface area contributed by atoms with Crippen LogP contribution in [-0.2, 0) is 15.8 Å². The summed E-state index contributed by atoms with van der Waals surface area (Å²) in [7, 11) is 15.2. The Morgan fingerprint density at radius 3 is 2.54 bits per heavy atom. The molecule has 3 rings (SSSR count). The fraction of sp³-hybridized carbons (Fsp3) is 0.529. The number of hydrogen-bond acceptors (Lipinski definition) is 2. The van der Waals surface area contributed by atoms with Crippen LogP contribution in [0.1, 0.15) is 37.8 Å². The summed E-state index contributed by atoms with van der Waals surface area (Å²) in [4.78, 5) is 0. The van der Waals surface area contributed by atoms with E-state index in [0.29, 0.717) is 5.92 Å². The molecule has 133 valence electrons. The molecule has 0 saturated carbocycles. The molecule has 0 aromatic heterocycles. The Kier molecular flexibility index (Phi) is 5.46. The molecule has 2 aliphatic rings. The molecule has 1 saturated heterocycles. The van der Waals surface area contributed by atoms with E-state index in [-0.39, 0.29) is 5.54 Å². The van der Waals surface area contributed by atoms with Crippen molar-refractivity contribution in [2.45, 2.75) is 45.3 Å². The third-order valence-electron chi connectivity index (χ3n) is 5.02. The monoisotopic (exact) mass is 542 g/mol. The molecule has 1 fully saturated rings. The van der Waals surface area contributed by atoms with Crippen molar-refractivity contribution in [3.8, 4) is 0 Å². The van der Waals surface area contributed by atoms with E-state index in [4.69, 9.17) is 17.0 Å². The molecule has 1 N–H and O–H groups in total. The van der Waals surface area contributed by atoms with Crippen molar-refractivity contribution in [1.82, 2.24) is 3.26 Å². The van der Waals surface area contributed by atoms with Crippen LogP contribution in [-0.4, -0.2) is 23.0 Å². The molecule has 0 amide bonds. The van der Waals surface area contributed by atoms with Crippen molar-refractivity contribution in [2.75, 3.05) is 11.5 Å². The summed E-state index contributed by atoms with van der Waals surface area (Å²) in [6.07, 6.45) is 0. The fourth-order valence-electron chi connectivity index (χ4n) is 3.96. The summed E-state index contributed by atoms with van der Waals surface area (Å²) in [6, 6.07) is 6.67. The van der Waals surface area contributed by atoms with Gasteiger partial charge in [0.05, 0.1) is 0 Å². The van der Waals surface area contributed by atoms with Crippen molar-refractivity contribution < 1.29 is 15.8 Å². The summed E-state index contributed by atoms with van der Waals surface area (Å²) in [5, 5.41) is 0. The Hall–Kier alpha value is 1.43. The van der Waals surface area contributed by atoms with E-state index in [2.05, 4.69) is 71.3 Å². The van der Waals surface area contributed by atoms with Gasteiger partial charge < -0.3 is 0 Å². The number of nitrogens with one attached hydrogen (secondary N) is 1. The molecule has 1 aliphatic carbocycles. The molecule has 1 unspecified atom stereocenters. The number of benzene rings is 1. The second-order valence-electron chi connectivity index (χ2n) is 8.31. The zero-order valence-electron chi connectivity index (χ0n) is 14.8. The van der Waals surface area contributed by atoms with Crippen LogP contribution in [0, 0.1) is 0 Å². The van der Waals surface area contributed by atoms with Crippen LogP contribution in [0.4, 0.5) is 0 Å². The molecule has 1 aromatic carbocycles. The molecule has 1 nitrogen and oxygen atoms in total. The van der Waals surface area contributed by atoms with Crippen LogP contribution in [0.5, 0.6) is 0 Å². The quantitative estimate of drug-likeness (QED) is 0.449. The van der Waals surface area contributed by atoms with Gasteiger partial charge in [-0.2, -0.15) is 0 Å². The minimum atomic E-state index is -4.30. The number of rotatable bonds is 3. The fourth-order valence-corrected chi connectivity index (χ4v) is 31.3. The Morgan fingerprint density at radius 1 is 1.29 bits per heavy atom. The van der Waals surface area contributed by atoms with Gasteiger partial charge in [-0.15, -0.1) is 0 Å². The van der Waals surface area contributed by atoms with E-state index < -0.39 is 21.8 Å². The van der Waals surface area contributed by atoms with Crippen LogP contribution in [0.15, 0.2) is 28.2 Å². The first kappa shape index (κ1) is 20.2. The van der Waals surface area contributed by atoms with Crippen molar-refractivity contribution in [2.24, 2.45) is 0 Å². The molecule has 1 aliphatic heterocycles. The van der Waals surface area contributed by atoms with Gasteiger partial charge in [-0.25, -0.2) is 0 Å². The molecule has 7 heteroatoms. The predicted molar refractivity (Wildman–Crippen MR) is 115 cm³/mol. The van der Waals surface area contributed by atoms with Crippen LogP contribution in [0.2, 0.25) is 13.1 Å². The number of halogens is 3. The Balaban J connectivity index is 2.29. The van der Waals surface area contributed by atoms with Gasteiger partial charge in [0, 0.05) is 0 Å². The van der Waals surface area contributed by atoms with Crippen LogP contribution in [0.25, 0.3) is 3.28 Å². The third-order valence-corrected chi connectivity index (χ3v) is 51.7. The van der Waals surface area contributed by atoms with E-state index in [1.807, 2.05) is 11.8 Å². The maximum atomic E-state index is 7.61. The first-order valence-corrected chi connectivity index (χ1v) is 26.3. The summed E-state index contributed by atoms with van der Waals surface area (Å²) in [5.41, 5.74) is 4.18. The maximum absolute atomic E-state index is 7.61. The van der Waals surface area contributed by atoms with E-state index in [1.165, 1.54) is 20.0 Å². The molecule has 0 bridgehead atoms. The second-order valence-corrected chi connectivity index (χ2v) is 49.8. The zero-order valence-corrected chi connectivity index (χ0v) is 22.4. The van der Waals surface area contributed by atoms with E-state index in [1.54, 1.807) is 0 Å². The van der Waals surface area contributed by atoms with Crippen molar-refractivity contribution >= 4 is 53.9 Å². The molecule has 1 atom stereocenters. The first-order valence-electron chi connectivity index (χ1n) is 8.41. The van der Waals surface area contributed by atoms with Crippen LogP contribution in [0.3, 0.4) is 0 Å². The third kappa shape index (κ3) is 3.34. The number of fused-ring (bicyclic) bond motifs is 3. The van der Waals surface area contributed by atoms with Crippen molar-refractivity contribution in [1.29, 1.82) is 0 Å². The van der Waals surface area contributed by atoms with Gasteiger partial charge in [-0.1, -0.05) is 0 Å². The van der Waals surface area contributed by atoms with Crippen LogP contribution < -0.4 is 3.26 Å². The number of thioether (sulfide) groups is 1. The molecular weight excluding hydrogens is 520 g/mol. The normalized spacial score (nSPS) is 22.5. The first-order chi connectivity index (χ1) is 10.9. The standard InChI is InChI=1S/C11H8BrS.C4H10N.C2H7Si.2ClH.Zr/c12-9-1-2-10-7(4-9)3-8-5-13-6-11(8)10;1-4(2,3)5;1-3-2;;;/h1-2,4,11H,5-6H2;5H,1-3H3;3H,1-2H3;2*1H;/q;-1;;;;+3/p-2.